The van der Waals surface area contributed by atoms with E-state index in [4.69, 9.17) is 5.73 Å². The van der Waals surface area contributed by atoms with Gasteiger partial charge in [-0.25, -0.2) is 9.97 Å². The van der Waals surface area contributed by atoms with E-state index in [0.29, 0.717) is 12.5 Å². The van der Waals surface area contributed by atoms with Crippen molar-refractivity contribution in [2.75, 3.05) is 6.54 Å². The van der Waals surface area contributed by atoms with E-state index in [-0.39, 0.29) is 5.92 Å². The second-order valence-corrected chi connectivity index (χ2v) is 5.81. The molecule has 19 heavy (non-hydrogen) atoms. The van der Waals surface area contributed by atoms with Crippen LogP contribution in [0.5, 0.6) is 0 Å². The number of hydrogen-bond acceptors (Lipinski definition) is 3. The molecule has 100 valence electrons. The lowest BCUT2D eigenvalue weighted by Gasteiger charge is -2.17. The summed E-state index contributed by atoms with van der Waals surface area (Å²) in [4.78, 5) is 9.04. The van der Waals surface area contributed by atoms with Crippen molar-refractivity contribution < 1.29 is 0 Å². The Kier molecular flexibility index (Phi) is 4.66. The molecule has 0 aliphatic rings. The van der Waals surface area contributed by atoms with Crippen LogP contribution in [0.2, 0.25) is 0 Å². The molecule has 2 N–H and O–H groups in total. The molecule has 0 saturated carbocycles. The fourth-order valence-corrected chi connectivity index (χ4v) is 2.44. The molecule has 2 rings (SSSR count). The van der Waals surface area contributed by atoms with Crippen LogP contribution < -0.4 is 5.73 Å². The van der Waals surface area contributed by atoms with Crippen LogP contribution >= 0.6 is 15.9 Å². The third-order valence-electron chi connectivity index (χ3n) is 3.18. The largest absolute Gasteiger partial charge is 0.330 e. The molecule has 1 atom stereocenters. The molecule has 0 fully saturated rings. The molecular weight excluding hydrogens is 302 g/mol. The summed E-state index contributed by atoms with van der Waals surface area (Å²) < 4.78 is 1.05. The molecule has 0 amide bonds. The highest BCUT2D eigenvalue weighted by Crippen LogP contribution is 2.24. The Morgan fingerprint density at radius 1 is 1.26 bits per heavy atom. The van der Waals surface area contributed by atoms with E-state index in [1.54, 1.807) is 0 Å². The Bertz CT molecular complexity index is 555. The smallest absolute Gasteiger partial charge is 0.133 e. The van der Waals surface area contributed by atoms with Crippen molar-refractivity contribution in [3.63, 3.8) is 0 Å². The molecule has 2 aromatic rings. The van der Waals surface area contributed by atoms with Gasteiger partial charge in [0.15, 0.2) is 0 Å². The minimum Gasteiger partial charge on any atom is -0.330 e. The van der Waals surface area contributed by atoms with E-state index in [1.165, 1.54) is 0 Å². The first kappa shape index (κ1) is 14.2. The van der Waals surface area contributed by atoms with Gasteiger partial charge in [0.05, 0.1) is 5.69 Å². The van der Waals surface area contributed by atoms with E-state index in [2.05, 4.69) is 45.8 Å². The molecule has 0 aliphatic carbocycles. The first-order chi connectivity index (χ1) is 9.11. The maximum absolute atomic E-state index is 5.83. The molecular formula is C15H18BrN3. The number of hydrogen-bond donors (Lipinski definition) is 1. The van der Waals surface area contributed by atoms with Gasteiger partial charge in [-0.15, -0.1) is 0 Å². The maximum Gasteiger partial charge on any atom is 0.133 e. The minimum absolute atomic E-state index is 0.201. The summed E-state index contributed by atoms with van der Waals surface area (Å²) in [5.74, 6) is 1.46. The SMILES string of the molecule is CC(C)C(CN)c1nccc(-c2cccc(Br)c2)n1. The van der Waals surface area contributed by atoms with Crippen molar-refractivity contribution in [3.05, 3.63) is 46.8 Å². The lowest BCUT2D eigenvalue weighted by atomic mass is 9.95. The summed E-state index contributed by atoms with van der Waals surface area (Å²) in [6.07, 6.45) is 1.81. The van der Waals surface area contributed by atoms with E-state index in [0.717, 1.165) is 21.6 Å². The number of aromatic nitrogens is 2. The summed E-state index contributed by atoms with van der Waals surface area (Å²) in [6.45, 7) is 4.86. The van der Waals surface area contributed by atoms with Gasteiger partial charge in [-0.05, 0) is 24.1 Å². The highest BCUT2D eigenvalue weighted by atomic mass is 79.9. The van der Waals surface area contributed by atoms with Gasteiger partial charge in [0.2, 0.25) is 0 Å². The predicted molar refractivity (Wildman–Crippen MR) is 81.8 cm³/mol. The Morgan fingerprint density at radius 3 is 2.68 bits per heavy atom. The molecule has 1 aromatic carbocycles. The van der Waals surface area contributed by atoms with Crippen molar-refractivity contribution in [1.29, 1.82) is 0 Å². The Morgan fingerprint density at radius 2 is 2.05 bits per heavy atom. The van der Waals surface area contributed by atoms with Crippen LogP contribution in [-0.4, -0.2) is 16.5 Å². The lowest BCUT2D eigenvalue weighted by Crippen LogP contribution is -2.20. The molecule has 0 bridgehead atoms. The zero-order valence-electron chi connectivity index (χ0n) is 11.2. The van der Waals surface area contributed by atoms with Crippen LogP contribution in [0.25, 0.3) is 11.3 Å². The first-order valence-corrected chi connectivity index (χ1v) is 7.20. The average molecular weight is 320 g/mol. The van der Waals surface area contributed by atoms with Crippen LogP contribution in [0.3, 0.4) is 0 Å². The van der Waals surface area contributed by atoms with Gasteiger partial charge in [-0.2, -0.15) is 0 Å². The molecule has 0 saturated heterocycles. The lowest BCUT2D eigenvalue weighted by molar-refractivity contribution is 0.483. The second-order valence-electron chi connectivity index (χ2n) is 4.90. The molecule has 1 aromatic heterocycles. The molecule has 0 spiro atoms. The van der Waals surface area contributed by atoms with E-state index in [1.807, 2.05) is 30.5 Å². The number of rotatable bonds is 4. The van der Waals surface area contributed by atoms with Crippen molar-refractivity contribution in [3.8, 4) is 11.3 Å². The monoisotopic (exact) mass is 319 g/mol. The van der Waals surface area contributed by atoms with Crippen LogP contribution in [0.15, 0.2) is 41.0 Å². The quantitative estimate of drug-likeness (QED) is 0.936. The van der Waals surface area contributed by atoms with Crippen LogP contribution in [-0.2, 0) is 0 Å². The van der Waals surface area contributed by atoms with E-state index >= 15 is 0 Å². The normalized spacial score (nSPS) is 12.7. The van der Waals surface area contributed by atoms with Gasteiger partial charge in [0, 0.05) is 28.7 Å². The third kappa shape index (κ3) is 3.39. The molecule has 0 aliphatic heterocycles. The molecule has 1 unspecified atom stereocenters. The maximum atomic E-state index is 5.83. The van der Waals surface area contributed by atoms with Gasteiger partial charge >= 0.3 is 0 Å². The van der Waals surface area contributed by atoms with Gasteiger partial charge < -0.3 is 5.73 Å². The fraction of sp³-hybridized carbons (Fsp3) is 0.333. The van der Waals surface area contributed by atoms with Crippen molar-refractivity contribution in [2.45, 2.75) is 19.8 Å². The minimum atomic E-state index is 0.201. The highest BCUT2D eigenvalue weighted by molar-refractivity contribution is 9.10. The summed E-state index contributed by atoms with van der Waals surface area (Å²) in [5.41, 5.74) is 7.85. The number of nitrogens with two attached hydrogens (primary N) is 1. The Hall–Kier alpha value is -1.26. The van der Waals surface area contributed by atoms with Crippen LogP contribution in [0.1, 0.15) is 25.6 Å². The predicted octanol–water partition coefficient (Wildman–Crippen LogP) is 3.60. The van der Waals surface area contributed by atoms with Gasteiger partial charge in [0.25, 0.3) is 0 Å². The summed E-state index contributed by atoms with van der Waals surface area (Å²) in [7, 11) is 0. The average Bonchev–Trinajstić information content (AvgIpc) is 2.39. The highest BCUT2D eigenvalue weighted by Gasteiger charge is 2.17. The van der Waals surface area contributed by atoms with E-state index < -0.39 is 0 Å². The van der Waals surface area contributed by atoms with Crippen LogP contribution in [0, 0.1) is 5.92 Å². The molecule has 1 heterocycles. The van der Waals surface area contributed by atoms with Crippen molar-refractivity contribution in [1.82, 2.24) is 9.97 Å². The zero-order valence-corrected chi connectivity index (χ0v) is 12.8. The number of nitrogens with zero attached hydrogens (tertiary/aromatic N) is 2. The summed E-state index contributed by atoms with van der Waals surface area (Å²) in [6, 6.07) is 10.0. The van der Waals surface area contributed by atoms with Gasteiger partial charge in [-0.3, -0.25) is 0 Å². The number of halogens is 1. The summed E-state index contributed by atoms with van der Waals surface area (Å²) in [5, 5.41) is 0. The first-order valence-electron chi connectivity index (χ1n) is 6.40. The molecule has 3 nitrogen and oxygen atoms in total. The number of benzene rings is 1. The Balaban J connectivity index is 2.39. The van der Waals surface area contributed by atoms with Crippen LogP contribution in [0.4, 0.5) is 0 Å². The standard InChI is InChI=1S/C15H18BrN3/c1-10(2)13(9-17)15-18-7-6-14(19-15)11-4-3-5-12(16)8-11/h3-8,10,13H,9,17H2,1-2H3. The van der Waals surface area contributed by atoms with Gasteiger partial charge in [-0.1, -0.05) is 41.9 Å². The second kappa shape index (κ2) is 6.26. The third-order valence-corrected chi connectivity index (χ3v) is 3.68. The summed E-state index contributed by atoms with van der Waals surface area (Å²) >= 11 is 3.48. The zero-order chi connectivity index (χ0) is 13.8. The fourth-order valence-electron chi connectivity index (χ4n) is 2.04. The molecule has 0 radical (unpaired) electrons. The van der Waals surface area contributed by atoms with Gasteiger partial charge in [0.1, 0.15) is 5.82 Å². The van der Waals surface area contributed by atoms with E-state index in [9.17, 15) is 0 Å². The van der Waals surface area contributed by atoms with Crippen molar-refractivity contribution in [2.24, 2.45) is 11.7 Å². The van der Waals surface area contributed by atoms with Crippen molar-refractivity contribution >= 4 is 15.9 Å². The topological polar surface area (TPSA) is 51.8 Å². The Labute approximate surface area is 122 Å². The molecule has 4 heteroatoms.